The predicted octanol–water partition coefficient (Wildman–Crippen LogP) is 2.74. The van der Waals surface area contributed by atoms with Gasteiger partial charge in [0.05, 0.1) is 17.0 Å². The summed E-state index contributed by atoms with van der Waals surface area (Å²) in [7, 11) is -1.49. The molecule has 2 aromatic rings. The molecule has 0 aliphatic carbocycles. The summed E-state index contributed by atoms with van der Waals surface area (Å²) in [6, 6.07) is 7.36. The van der Waals surface area contributed by atoms with Crippen molar-refractivity contribution >= 4 is 42.5 Å². The Balaban J connectivity index is 2.15. The Bertz CT molecular complexity index is 719. The van der Waals surface area contributed by atoms with Crippen molar-refractivity contribution in [3.8, 4) is 0 Å². The van der Waals surface area contributed by atoms with E-state index in [1.165, 1.54) is 0 Å². The monoisotopic (exact) mass is 371 g/mol. The first-order valence-corrected chi connectivity index (χ1v) is 9.16. The second-order valence-corrected chi connectivity index (χ2v) is 7.52. The number of nitrogens with one attached hydrogen (secondary N) is 2. The van der Waals surface area contributed by atoms with Crippen molar-refractivity contribution in [2.24, 2.45) is 0 Å². The number of pyridine rings is 1. The summed E-state index contributed by atoms with van der Waals surface area (Å²) in [4.78, 5) is 4.29. The highest BCUT2D eigenvalue weighted by atomic mass is 79.9. The molecule has 0 saturated carbocycles. The molecule has 7 heteroatoms. The summed E-state index contributed by atoms with van der Waals surface area (Å²) >= 11 is 3.36. The standard InChI is InChI=1S/C14H18BrN3O2S/c1-16-7-2-3-8-21(19,20)18-13-6-4-5-11-9-12(15)10-17-14(11)13/h4-6,9-10,16,18H,2-3,7-8H2,1H3. The van der Waals surface area contributed by atoms with Crippen LogP contribution in [0, 0.1) is 0 Å². The van der Waals surface area contributed by atoms with Crippen molar-refractivity contribution in [2.45, 2.75) is 12.8 Å². The zero-order valence-electron chi connectivity index (χ0n) is 11.8. The highest BCUT2D eigenvalue weighted by Gasteiger charge is 2.12. The van der Waals surface area contributed by atoms with Gasteiger partial charge in [0.1, 0.15) is 0 Å². The third-order valence-corrected chi connectivity index (χ3v) is 4.82. The number of benzene rings is 1. The van der Waals surface area contributed by atoms with Gasteiger partial charge in [0.25, 0.3) is 0 Å². The summed E-state index contributed by atoms with van der Waals surface area (Å²) in [5.74, 6) is 0.113. The third kappa shape index (κ3) is 4.66. The van der Waals surface area contributed by atoms with Crippen LogP contribution in [0.2, 0.25) is 0 Å². The molecular formula is C14H18BrN3O2S. The minimum Gasteiger partial charge on any atom is -0.320 e. The van der Waals surface area contributed by atoms with Gasteiger partial charge in [-0.1, -0.05) is 12.1 Å². The smallest absolute Gasteiger partial charge is 0.232 e. The maximum Gasteiger partial charge on any atom is 0.232 e. The van der Waals surface area contributed by atoms with Crippen molar-refractivity contribution < 1.29 is 8.42 Å². The Morgan fingerprint density at radius 1 is 1.29 bits per heavy atom. The fourth-order valence-electron chi connectivity index (χ4n) is 2.03. The molecule has 5 nitrogen and oxygen atoms in total. The number of para-hydroxylation sites is 1. The van der Waals surface area contributed by atoms with Gasteiger partial charge in [-0.05, 0) is 54.5 Å². The molecule has 2 rings (SSSR count). The molecule has 1 heterocycles. The van der Waals surface area contributed by atoms with Crippen LogP contribution in [0.5, 0.6) is 0 Å². The van der Waals surface area contributed by atoms with Gasteiger partial charge in [0.15, 0.2) is 0 Å². The molecule has 0 atom stereocenters. The average molecular weight is 372 g/mol. The van der Waals surface area contributed by atoms with Crippen LogP contribution < -0.4 is 10.0 Å². The number of hydrogen-bond donors (Lipinski definition) is 2. The average Bonchev–Trinajstić information content (AvgIpc) is 2.43. The Morgan fingerprint density at radius 2 is 2.10 bits per heavy atom. The number of unbranched alkanes of at least 4 members (excludes halogenated alkanes) is 1. The number of anilines is 1. The summed E-state index contributed by atoms with van der Waals surface area (Å²) in [5.41, 5.74) is 1.17. The number of nitrogens with zero attached hydrogens (tertiary/aromatic N) is 1. The van der Waals surface area contributed by atoms with Gasteiger partial charge in [-0.2, -0.15) is 0 Å². The Hall–Kier alpha value is -1.18. The van der Waals surface area contributed by atoms with E-state index in [1.54, 1.807) is 12.3 Å². The van der Waals surface area contributed by atoms with E-state index in [0.717, 1.165) is 22.8 Å². The van der Waals surface area contributed by atoms with Gasteiger partial charge in [0.2, 0.25) is 10.0 Å². The van der Waals surface area contributed by atoms with E-state index >= 15 is 0 Å². The lowest BCUT2D eigenvalue weighted by Crippen LogP contribution is -2.18. The van der Waals surface area contributed by atoms with Gasteiger partial charge in [-0.3, -0.25) is 9.71 Å². The zero-order chi connectivity index (χ0) is 15.3. The van der Waals surface area contributed by atoms with Crippen LogP contribution in [0.15, 0.2) is 34.9 Å². The van der Waals surface area contributed by atoms with Crippen LogP contribution in [-0.4, -0.2) is 32.7 Å². The molecular weight excluding hydrogens is 354 g/mol. The number of aromatic nitrogens is 1. The maximum absolute atomic E-state index is 12.1. The van der Waals surface area contributed by atoms with E-state index in [0.29, 0.717) is 17.6 Å². The van der Waals surface area contributed by atoms with Crippen LogP contribution >= 0.6 is 15.9 Å². The fourth-order valence-corrected chi connectivity index (χ4v) is 3.56. The van der Waals surface area contributed by atoms with E-state index in [1.807, 2.05) is 25.2 Å². The minimum absolute atomic E-state index is 0.113. The van der Waals surface area contributed by atoms with E-state index in [2.05, 4.69) is 31.0 Å². The molecule has 21 heavy (non-hydrogen) atoms. The first-order chi connectivity index (χ1) is 10.0. The Labute approximate surface area is 133 Å². The van der Waals surface area contributed by atoms with Crippen LogP contribution in [-0.2, 0) is 10.0 Å². The van der Waals surface area contributed by atoms with Crippen molar-refractivity contribution in [3.63, 3.8) is 0 Å². The molecule has 1 aromatic heterocycles. The highest BCUT2D eigenvalue weighted by Crippen LogP contribution is 2.24. The molecule has 0 amide bonds. The highest BCUT2D eigenvalue weighted by molar-refractivity contribution is 9.10. The third-order valence-electron chi connectivity index (χ3n) is 3.03. The van der Waals surface area contributed by atoms with Gasteiger partial charge in [0, 0.05) is 16.1 Å². The number of sulfonamides is 1. The number of rotatable bonds is 7. The molecule has 114 valence electrons. The molecule has 0 spiro atoms. The molecule has 1 aromatic carbocycles. The van der Waals surface area contributed by atoms with Gasteiger partial charge >= 0.3 is 0 Å². The lowest BCUT2D eigenvalue weighted by Gasteiger charge is -2.10. The first kappa shape index (κ1) is 16.2. The lowest BCUT2D eigenvalue weighted by molar-refractivity contribution is 0.595. The quantitative estimate of drug-likeness (QED) is 0.734. The largest absolute Gasteiger partial charge is 0.320 e. The van der Waals surface area contributed by atoms with Crippen molar-refractivity contribution in [3.05, 3.63) is 34.9 Å². The van der Waals surface area contributed by atoms with Crippen LogP contribution in [0.3, 0.4) is 0 Å². The molecule has 0 fully saturated rings. The van der Waals surface area contributed by atoms with Crippen LogP contribution in [0.4, 0.5) is 5.69 Å². The molecule has 0 bridgehead atoms. The SMILES string of the molecule is CNCCCCS(=O)(=O)Nc1cccc2cc(Br)cnc12. The second kappa shape index (κ2) is 7.20. The summed E-state index contributed by atoms with van der Waals surface area (Å²) in [6.45, 7) is 0.819. The maximum atomic E-state index is 12.1. The van der Waals surface area contributed by atoms with Crippen molar-refractivity contribution in [1.29, 1.82) is 0 Å². The normalized spacial score (nSPS) is 11.7. The fraction of sp³-hybridized carbons (Fsp3) is 0.357. The molecule has 0 aliphatic heterocycles. The summed E-state index contributed by atoms with van der Waals surface area (Å²) in [5, 5.41) is 3.89. The van der Waals surface area contributed by atoms with E-state index in [4.69, 9.17) is 0 Å². The zero-order valence-corrected chi connectivity index (χ0v) is 14.2. The predicted molar refractivity (Wildman–Crippen MR) is 90.0 cm³/mol. The second-order valence-electron chi connectivity index (χ2n) is 4.76. The lowest BCUT2D eigenvalue weighted by atomic mass is 10.2. The van der Waals surface area contributed by atoms with E-state index < -0.39 is 10.0 Å². The number of halogens is 1. The molecule has 0 unspecified atom stereocenters. The van der Waals surface area contributed by atoms with Crippen LogP contribution in [0.1, 0.15) is 12.8 Å². The molecule has 0 aliphatic rings. The van der Waals surface area contributed by atoms with Crippen molar-refractivity contribution in [1.82, 2.24) is 10.3 Å². The molecule has 0 saturated heterocycles. The van der Waals surface area contributed by atoms with Gasteiger partial charge < -0.3 is 5.32 Å². The molecule has 2 N–H and O–H groups in total. The number of fused-ring (bicyclic) bond motifs is 1. The molecule has 0 radical (unpaired) electrons. The van der Waals surface area contributed by atoms with Crippen molar-refractivity contribution in [2.75, 3.05) is 24.1 Å². The topological polar surface area (TPSA) is 71.1 Å². The minimum atomic E-state index is -3.35. The Morgan fingerprint density at radius 3 is 2.86 bits per heavy atom. The number of hydrogen-bond acceptors (Lipinski definition) is 4. The van der Waals surface area contributed by atoms with Gasteiger partial charge in [-0.25, -0.2) is 8.42 Å². The van der Waals surface area contributed by atoms with Gasteiger partial charge in [-0.15, -0.1) is 0 Å². The van der Waals surface area contributed by atoms with E-state index in [-0.39, 0.29) is 5.75 Å². The summed E-state index contributed by atoms with van der Waals surface area (Å²) < 4.78 is 27.7. The van der Waals surface area contributed by atoms with E-state index in [9.17, 15) is 8.42 Å². The Kier molecular flexibility index (Phi) is 5.55. The summed E-state index contributed by atoms with van der Waals surface area (Å²) in [6.07, 6.45) is 3.12. The van der Waals surface area contributed by atoms with Crippen LogP contribution in [0.25, 0.3) is 10.9 Å². The first-order valence-electron chi connectivity index (χ1n) is 6.71.